The SMILES string of the molecule is CCC(C(=O)Nc1nnc(COC)s1)n1cnc2sc(C(=O)OCCc3ccccc3)c(C)c2c1=O. The predicted molar refractivity (Wildman–Crippen MR) is 138 cm³/mol. The van der Waals surface area contributed by atoms with Crippen LogP contribution in [-0.4, -0.2) is 45.3 Å². The molecular weight excluding hydrogens is 502 g/mol. The van der Waals surface area contributed by atoms with Crippen molar-refractivity contribution < 1.29 is 19.1 Å². The van der Waals surface area contributed by atoms with Gasteiger partial charge in [-0.25, -0.2) is 9.78 Å². The Bertz CT molecular complexity index is 1430. The van der Waals surface area contributed by atoms with E-state index in [9.17, 15) is 14.4 Å². The van der Waals surface area contributed by atoms with Gasteiger partial charge in [0.15, 0.2) is 0 Å². The second-order valence-electron chi connectivity index (χ2n) is 7.91. The Morgan fingerprint density at radius 3 is 2.67 bits per heavy atom. The van der Waals surface area contributed by atoms with Gasteiger partial charge in [0.1, 0.15) is 27.4 Å². The van der Waals surface area contributed by atoms with Crippen LogP contribution in [0.25, 0.3) is 10.2 Å². The molecule has 3 aromatic heterocycles. The number of anilines is 1. The van der Waals surface area contributed by atoms with Crippen LogP contribution in [0.4, 0.5) is 5.13 Å². The Kier molecular flexibility index (Phi) is 8.18. The van der Waals surface area contributed by atoms with Crippen LogP contribution in [0.3, 0.4) is 0 Å². The summed E-state index contributed by atoms with van der Waals surface area (Å²) in [7, 11) is 1.55. The third kappa shape index (κ3) is 5.50. The number of hydrogen-bond acceptors (Lipinski definition) is 10. The highest BCUT2D eigenvalue weighted by molar-refractivity contribution is 7.20. The minimum absolute atomic E-state index is 0.226. The minimum atomic E-state index is -0.815. The highest BCUT2D eigenvalue weighted by atomic mass is 32.1. The van der Waals surface area contributed by atoms with Crippen LogP contribution in [0.5, 0.6) is 0 Å². The number of hydrogen-bond donors (Lipinski definition) is 1. The third-order valence-electron chi connectivity index (χ3n) is 5.52. The molecule has 0 aliphatic carbocycles. The van der Waals surface area contributed by atoms with Crippen LogP contribution in [-0.2, 0) is 27.3 Å². The summed E-state index contributed by atoms with van der Waals surface area (Å²) >= 11 is 2.31. The van der Waals surface area contributed by atoms with Crippen LogP contribution < -0.4 is 10.9 Å². The molecule has 4 rings (SSSR count). The van der Waals surface area contributed by atoms with Crippen molar-refractivity contribution in [2.45, 2.75) is 39.3 Å². The van der Waals surface area contributed by atoms with Gasteiger partial charge in [-0.3, -0.25) is 19.5 Å². The first-order valence-electron chi connectivity index (χ1n) is 11.3. The Morgan fingerprint density at radius 2 is 1.94 bits per heavy atom. The Hall–Kier alpha value is -3.48. The van der Waals surface area contributed by atoms with Crippen molar-refractivity contribution in [2.75, 3.05) is 19.0 Å². The van der Waals surface area contributed by atoms with E-state index in [1.165, 1.54) is 22.2 Å². The van der Waals surface area contributed by atoms with Crippen molar-refractivity contribution >= 4 is 49.9 Å². The molecular formula is C24H25N5O5S2. The van der Waals surface area contributed by atoms with Gasteiger partial charge >= 0.3 is 5.97 Å². The van der Waals surface area contributed by atoms with Gasteiger partial charge in [-0.2, -0.15) is 0 Å². The number of nitrogens with zero attached hydrogens (tertiary/aromatic N) is 4. The normalized spacial score (nSPS) is 12.0. The zero-order chi connectivity index (χ0) is 25.7. The Balaban J connectivity index is 1.53. The van der Waals surface area contributed by atoms with Crippen LogP contribution in [0.15, 0.2) is 41.5 Å². The lowest BCUT2D eigenvalue weighted by Crippen LogP contribution is -2.33. The summed E-state index contributed by atoms with van der Waals surface area (Å²) in [5, 5.41) is 11.9. The fraction of sp³-hybridized carbons (Fsp3) is 0.333. The fourth-order valence-corrected chi connectivity index (χ4v) is 5.46. The number of aromatic nitrogens is 4. The number of fused-ring (bicyclic) bond motifs is 1. The van der Waals surface area contributed by atoms with Crippen molar-refractivity contribution in [1.29, 1.82) is 0 Å². The van der Waals surface area contributed by atoms with Gasteiger partial charge in [0.25, 0.3) is 5.56 Å². The first-order chi connectivity index (χ1) is 17.4. The molecule has 4 aromatic rings. The van der Waals surface area contributed by atoms with Crippen LogP contribution >= 0.6 is 22.7 Å². The van der Waals surface area contributed by atoms with E-state index in [0.717, 1.165) is 16.9 Å². The van der Waals surface area contributed by atoms with Crippen molar-refractivity contribution in [3.05, 3.63) is 68.0 Å². The number of carbonyl (C=O) groups is 2. The van der Waals surface area contributed by atoms with Gasteiger partial charge in [-0.15, -0.1) is 21.5 Å². The average molecular weight is 528 g/mol. The maximum absolute atomic E-state index is 13.4. The second-order valence-corrected chi connectivity index (χ2v) is 9.97. The molecule has 0 saturated heterocycles. The summed E-state index contributed by atoms with van der Waals surface area (Å²) in [5.41, 5.74) is 1.17. The zero-order valence-corrected chi connectivity index (χ0v) is 21.6. The van der Waals surface area contributed by atoms with Gasteiger partial charge in [0, 0.05) is 13.5 Å². The summed E-state index contributed by atoms with van der Waals surface area (Å²) in [6.07, 6.45) is 2.28. The molecule has 36 heavy (non-hydrogen) atoms. The molecule has 188 valence electrons. The molecule has 0 fully saturated rings. The van der Waals surface area contributed by atoms with Crippen LogP contribution in [0.2, 0.25) is 0 Å². The van der Waals surface area contributed by atoms with Crippen LogP contribution in [0, 0.1) is 6.92 Å². The number of rotatable bonds is 10. The van der Waals surface area contributed by atoms with E-state index in [1.807, 2.05) is 30.3 Å². The standard InChI is InChI=1S/C24H25N5O5S2/c1-4-16(20(30)26-24-28-27-17(35-24)12-33-3)29-13-25-21-18(22(29)31)14(2)19(36-21)23(32)34-11-10-15-8-6-5-7-9-15/h5-9,13,16H,4,10-12H2,1-3H3,(H,26,28,30). The first-order valence-corrected chi connectivity index (χ1v) is 12.9. The quantitative estimate of drug-likeness (QED) is 0.309. The summed E-state index contributed by atoms with van der Waals surface area (Å²) in [4.78, 5) is 44.2. The number of nitrogens with one attached hydrogen (secondary N) is 1. The van der Waals surface area contributed by atoms with E-state index in [1.54, 1.807) is 21.0 Å². The molecule has 0 radical (unpaired) electrons. The van der Waals surface area contributed by atoms with Gasteiger partial charge < -0.3 is 9.47 Å². The second kappa shape index (κ2) is 11.5. The molecule has 3 heterocycles. The van der Waals surface area contributed by atoms with Crippen molar-refractivity contribution in [3.63, 3.8) is 0 Å². The molecule has 1 amide bonds. The number of ether oxygens (including phenoxy) is 2. The molecule has 0 spiro atoms. The summed E-state index contributed by atoms with van der Waals surface area (Å²) in [5.74, 6) is -0.903. The molecule has 1 unspecified atom stereocenters. The van der Waals surface area contributed by atoms with E-state index >= 15 is 0 Å². The summed E-state index contributed by atoms with van der Waals surface area (Å²) in [6, 6.07) is 8.91. The van der Waals surface area contributed by atoms with Gasteiger partial charge in [-0.1, -0.05) is 48.6 Å². The van der Waals surface area contributed by atoms with Crippen molar-refractivity contribution in [2.24, 2.45) is 0 Å². The first kappa shape index (κ1) is 25.6. The van der Waals surface area contributed by atoms with Gasteiger partial charge in [0.2, 0.25) is 11.0 Å². The molecule has 10 nitrogen and oxygen atoms in total. The lowest BCUT2D eigenvalue weighted by atomic mass is 10.1. The fourth-order valence-electron chi connectivity index (χ4n) is 3.71. The largest absolute Gasteiger partial charge is 0.461 e. The minimum Gasteiger partial charge on any atom is -0.461 e. The lowest BCUT2D eigenvalue weighted by Gasteiger charge is -2.16. The molecule has 1 N–H and O–H groups in total. The van der Waals surface area contributed by atoms with E-state index in [4.69, 9.17) is 9.47 Å². The predicted octanol–water partition coefficient (Wildman–Crippen LogP) is 3.75. The third-order valence-corrected chi connectivity index (χ3v) is 7.51. The zero-order valence-electron chi connectivity index (χ0n) is 20.0. The molecule has 0 aliphatic rings. The number of esters is 1. The number of aryl methyl sites for hydroxylation is 1. The molecule has 0 saturated carbocycles. The average Bonchev–Trinajstić information content (AvgIpc) is 3.45. The number of carbonyl (C=O) groups excluding carboxylic acids is 2. The molecule has 0 bridgehead atoms. The maximum atomic E-state index is 13.4. The summed E-state index contributed by atoms with van der Waals surface area (Å²) in [6.45, 7) is 4.01. The Labute approximate surface area is 214 Å². The van der Waals surface area contributed by atoms with Crippen molar-refractivity contribution in [1.82, 2.24) is 19.7 Å². The lowest BCUT2D eigenvalue weighted by molar-refractivity contribution is -0.119. The van der Waals surface area contributed by atoms with Gasteiger partial charge in [-0.05, 0) is 24.5 Å². The van der Waals surface area contributed by atoms with Crippen molar-refractivity contribution in [3.8, 4) is 0 Å². The molecule has 1 atom stereocenters. The highest BCUT2D eigenvalue weighted by Crippen LogP contribution is 2.28. The highest BCUT2D eigenvalue weighted by Gasteiger charge is 2.25. The van der Waals surface area contributed by atoms with Gasteiger partial charge in [0.05, 0.1) is 18.3 Å². The number of thiophene rings is 1. The van der Waals surface area contributed by atoms with E-state index < -0.39 is 23.5 Å². The van der Waals surface area contributed by atoms with Crippen LogP contribution in [0.1, 0.15) is 45.2 Å². The maximum Gasteiger partial charge on any atom is 0.348 e. The number of methoxy groups -OCH3 is 1. The van der Waals surface area contributed by atoms with E-state index in [-0.39, 0.29) is 6.61 Å². The van der Waals surface area contributed by atoms with E-state index in [2.05, 4.69) is 20.5 Å². The summed E-state index contributed by atoms with van der Waals surface area (Å²) < 4.78 is 11.8. The molecule has 0 aliphatic heterocycles. The topological polar surface area (TPSA) is 125 Å². The Morgan fingerprint density at radius 1 is 1.17 bits per heavy atom. The smallest absolute Gasteiger partial charge is 0.348 e. The van der Waals surface area contributed by atoms with E-state index in [0.29, 0.717) is 50.2 Å². The molecule has 12 heteroatoms. The number of benzene rings is 1. The molecule has 1 aromatic carbocycles. The monoisotopic (exact) mass is 527 g/mol. The number of amides is 1.